The van der Waals surface area contributed by atoms with Crippen LogP contribution >= 0.6 is 0 Å². The molecule has 1 heterocycles. The van der Waals surface area contributed by atoms with Crippen molar-refractivity contribution in [3.05, 3.63) is 12.2 Å². The molecule has 0 aromatic carbocycles. The first kappa shape index (κ1) is 15.5. The summed E-state index contributed by atoms with van der Waals surface area (Å²) in [6.07, 6.45) is 9.51. The van der Waals surface area contributed by atoms with Crippen molar-refractivity contribution in [2.45, 2.75) is 78.3 Å². The minimum Gasteiger partial charge on any atom is -0.314 e. The number of hydrogen-bond donors (Lipinski definition) is 1. The lowest BCUT2D eigenvalue weighted by Crippen LogP contribution is -2.41. The molecular weight excluding hydrogens is 248 g/mol. The fourth-order valence-electron chi connectivity index (χ4n) is 3.31. The van der Waals surface area contributed by atoms with E-state index in [1.165, 1.54) is 32.1 Å². The molecule has 1 saturated carbocycles. The molecule has 1 fully saturated rings. The van der Waals surface area contributed by atoms with E-state index in [9.17, 15) is 0 Å². The van der Waals surface area contributed by atoms with Crippen molar-refractivity contribution in [2.75, 3.05) is 6.54 Å². The molecule has 4 nitrogen and oxygen atoms in total. The van der Waals surface area contributed by atoms with E-state index in [0.717, 1.165) is 18.8 Å². The first-order chi connectivity index (χ1) is 9.52. The molecule has 0 saturated heterocycles. The van der Waals surface area contributed by atoms with E-state index in [2.05, 4.69) is 47.8 Å². The van der Waals surface area contributed by atoms with Crippen molar-refractivity contribution in [1.29, 1.82) is 0 Å². The van der Waals surface area contributed by atoms with Gasteiger partial charge in [0.25, 0.3) is 0 Å². The quantitative estimate of drug-likeness (QED) is 0.867. The Morgan fingerprint density at radius 2 is 1.90 bits per heavy atom. The van der Waals surface area contributed by atoms with Crippen LogP contribution in [0.2, 0.25) is 0 Å². The van der Waals surface area contributed by atoms with Crippen molar-refractivity contribution in [3.8, 4) is 0 Å². The van der Waals surface area contributed by atoms with E-state index < -0.39 is 0 Å². The lowest BCUT2D eigenvalue weighted by atomic mass is 9.71. The summed E-state index contributed by atoms with van der Waals surface area (Å²) in [7, 11) is 0. The van der Waals surface area contributed by atoms with Gasteiger partial charge in [-0.25, -0.2) is 9.67 Å². The number of rotatable bonds is 6. The third-order valence-electron chi connectivity index (χ3n) is 4.47. The highest BCUT2D eigenvalue weighted by Crippen LogP contribution is 2.38. The van der Waals surface area contributed by atoms with Crippen LogP contribution in [-0.4, -0.2) is 27.4 Å². The van der Waals surface area contributed by atoms with Crippen LogP contribution in [0.25, 0.3) is 0 Å². The van der Waals surface area contributed by atoms with Gasteiger partial charge in [-0.05, 0) is 32.1 Å². The molecule has 0 radical (unpaired) electrons. The van der Waals surface area contributed by atoms with Gasteiger partial charge in [0.1, 0.15) is 12.2 Å². The average Bonchev–Trinajstić information content (AvgIpc) is 2.86. The second-order valence-corrected chi connectivity index (χ2v) is 6.99. The predicted molar refractivity (Wildman–Crippen MR) is 82.8 cm³/mol. The highest BCUT2D eigenvalue weighted by molar-refractivity contribution is 4.97. The molecule has 1 N–H and O–H groups in total. The van der Waals surface area contributed by atoms with E-state index in [1.54, 1.807) is 6.33 Å². The van der Waals surface area contributed by atoms with Gasteiger partial charge in [-0.1, -0.05) is 33.1 Å². The Hall–Kier alpha value is -0.900. The van der Waals surface area contributed by atoms with Gasteiger partial charge in [0.2, 0.25) is 0 Å². The molecule has 1 aliphatic rings. The summed E-state index contributed by atoms with van der Waals surface area (Å²) in [5, 5.41) is 8.05. The van der Waals surface area contributed by atoms with Crippen LogP contribution in [0.15, 0.2) is 6.33 Å². The van der Waals surface area contributed by atoms with E-state index in [0.29, 0.717) is 17.5 Å². The molecular formula is C16H30N4. The number of hydrogen-bond acceptors (Lipinski definition) is 3. The summed E-state index contributed by atoms with van der Waals surface area (Å²) in [4.78, 5) is 4.53. The second kappa shape index (κ2) is 6.70. The third-order valence-corrected chi connectivity index (χ3v) is 4.47. The predicted octanol–water partition coefficient (Wildman–Crippen LogP) is 3.35. The molecule has 0 aliphatic heterocycles. The molecule has 0 amide bonds. The highest BCUT2D eigenvalue weighted by atomic mass is 15.3. The Balaban J connectivity index is 2.12. The standard InChI is InChI=1S/C16H30N4/c1-13(2)17-11-16(8-6-5-7-9-16)10-15-18-12-19-20(15)14(3)4/h12-14,17H,5-11H2,1-4H3. The van der Waals surface area contributed by atoms with Gasteiger partial charge in [-0.15, -0.1) is 0 Å². The summed E-state index contributed by atoms with van der Waals surface area (Å²) in [5.41, 5.74) is 0.377. The zero-order chi connectivity index (χ0) is 14.6. The van der Waals surface area contributed by atoms with Crippen LogP contribution in [0.1, 0.15) is 71.7 Å². The minimum absolute atomic E-state index is 0.377. The first-order valence-electron chi connectivity index (χ1n) is 8.14. The Morgan fingerprint density at radius 3 is 2.50 bits per heavy atom. The van der Waals surface area contributed by atoms with Crippen LogP contribution in [0, 0.1) is 5.41 Å². The average molecular weight is 278 g/mol. The minimum atomic E-state index is 0.377. The van der Waals surface area contributed by atoms with E-state index in [-0.39, 0.29) is 0 Å². The maximum atomic E-state index is 4.53. The zero-order valence-corrected chi connectivity index (χ0v) is 13.5. The molecule has 0 spiro atoms. The molecule has 0 bridgehead atoms. The Labute approximate surface area is 123 Å². The third kappa shape index (κ3) is 3.81. The first-order valence-corrected chi connectivity index (χ1v) is 8.14. The van der Waals surface area contributed by atoms with Crippen LogP contribution in [0.5, 0.6) is 0 Å². The molecule has 114 valence electrons. The normalized spacial score (nSPS) is 18.9. The summed E-state index contributed by atoms with van der Waals surface area (Å²) < 4.78 is 2.09. The van der Waals surface area contributed by atoms with Crippen LogP contribution in [0.4, 0.5) is 0 Å². The highest BCUT2D eigenvalue weighted by Gasteiger charge is 2.33. The SMILES string of the molecule is CC(C)NCC1(Cc2ncnn2C(C)C)CCCCC1. The fourth-order valence-corrected chi connectivity index (χ4v) is 3.31. The Bertz CT molecular complexity index is 402. The maximum Gasteiger partial charge on any atom is 0.138 e. The maximum absolute atomic E-state index is 4.53. The summed E-state index contributed by atoms with van der Waals surface area (Å²) in [6.45, 7) is 9.92. The van der Waals surface area contributed by atoms with Gasteiger partial charge in [-0.3, -0.25) is 0 Å². The summed E-state index contributed by atoms with van der Waals surface area (Å²) in [6, 6.07) is 0.947. The van der Waals surface area contributed by atoms with E-state index >= 15 is 0 Å². The number of aromatic nitrogens is 3. The zero-order valence-electron chi connectivity index (χ0n) is 13.5. The molecule has 1 aromatic rings. The van der Waals surface area contributed by atoms with E-state index in [4.69, 9.17) is 0 Å². The summed E-state index contributed by atoms with van der Waals surface area (Å²) in [5.74, 6) is 1.16. The molecule has 1 aliphatic carbocycles. The van der Waals surface area contributed by atoms with Gasteiger partial charge in [0.05, 0.1) is 0 Å². The largest absolute Gasteiger partial charge is 0.314 e. The van der Waals surface area contributed by atoms with Crippen molar-refractivity contribution in [3.63, 3.8) is 0 Å². The molecule has 1 aromatic heterocycles. The topological polar surface area (TPSA) is 42.7 Å². The van der Waals surface area contributed by atoms with Crippen molar-refractivity contribution < 1.29 is 0 Å². The molecule has 0 atom stereocenters. The smallest absolute Gasteiger partial charge is 0.138 e. The molecule has 0 unspecified atom stereocenters. The van der Waals surface area contributed by atoms with Crippen molar-refractivity contribution in [1.82, 2.24) is 20.1 Å². The Kier molecular flexibility index (Phi) is 5.19. The van der Waals surface area contributed by atoms with Crippen LogP contribution < -0.4 is 5.32 Å². The number of nitrogens with one attached hydrogen (secondary N) is 1. The van der Waals surface area contributed by atoms with Gasteiger partial charge in [-0.2, -0.15) is 5.10 Å². The lowest BCUT2D eigenvalue weighted by molar-refractivity contribution is 0.170. The monoisotopic (exact) mass is 278 g/mol. The van der Waals surface area contributed by atoms with Crippen LogP contribution in [0.3, 0.4) is 0 Å². The van der Waals surface area contributed by atoms with Gasteiger partial charge in [0, 0.05) is 25.0 Å². The Morgan fingerprint density at radius 1 is 1.20 bits per heavy atom. The number of nitrogens with zero attached hydrogens (tertiary/aromatic N) is 3. The van der Waals surface area contributed by atoms with Crippen molar-refractivity contribution >= 4 is 0 Å². The second-order valence-electron chi connectivity index (χ2n) is 6.99. The van der Waals surface area contributed by atoms with Crippen LogP contribution in [-0.2, 0) is 6.42 Å². The van der Waals surface area contributed by atoms with Gasteiger partial charge < -0.3 is 5.32 Å². The molecule has 2 rings (SSSR count). The van der Waals surface area contributed by atoms with E-state index in [1.807, 2.05) is 0 Å². The van der Waals surface area contributed by atoms with Gasteiger partial charge >= 0.3 is 0 Å². The fraction of sp³-hybridized carbons (Fsp3) is 0.875. The molecule has 4 heteroatoms. The summed E-state index contributed by atoms with van der Waals surface area (Å²) >= 11 is 0. The lowest BCUT2D eigenvalue weighted by Gasteiger charge is -2.38. The molecule has 20 heavy (non-hydrogen) atoms. The van der Waals surface area contributed by atoms with Crippen molar-refractivity contribution in [2.24, 2.45) is 5.41 Å². The van der Waals surface area contributed by atoms with Gasteiger partial charge in [0.15, 0.2) is 0 Å².